The van der Waals surface area contributed by atoms with Gasteiger partial charge in [0.1, 0.15) is 0 Å². The van der Waals surface area contributed by atoms with Gasteiger partial charge < -0.3 is 5.73 Å². The molecule has 2 rings (SSSR count). The van der Waals surface area contributed by atoms with Crippen LogP contribution in [0.2, 0.25) is 5.02 Å². The van der Waals surface area contributed by atoms with Gasteiger partial charge in [-0.1, -0.05) is 43.6 Å². The van der Waals surface area contributed by atoms with Gasteiger partial charge in [0.25, 0.3) is 0 Å². The molecule has 2 N–H and O–H groups in total. The molecule has 0 amide bonds. The van der Waals surface area contributed by atoms with Gasteiger partial charge in [0.05, 0.1) is 0 Å². The van der Waals surface area contributed by atoms with Crippen LogP contribution in [0, 0.1) is 5.41 Å². The van der Waals surface area contributed by atoms with Crippen LogP contribution in [0.15, 0.2) is 24.3 Å². The third kappa shape index (κ3) is 1.18. The minimum Gasteiger partial charge on any atom is -0.321 e. The van der Waals surface area contributed by atoms with Gasteiger partial charge in [-0.2, -0.15) is 0 Å². The van der Waals surface area contributed by atoms with Gasteiger partial charge >= 0.3 is 0 Å². The van der Waals surface area contributed by atoms with E-state index in [0.717, 1.165) is 17.0 Å². The Morgan fingerprint density at radius 3 is 2.31 bits per heavy atom. The summed E-state index contributed by atoms with van der Waals surface area (Å²) < 4.78 is 0. The fourth-order valence-corrected chi connectivity index (χ4v) is 2.24. The van der Waals surface area contributed by atoms with Crippen molar-refractivity contribution in [1.82, 2.24) is 0 Å². The lowest BCUT2D eigenvalue weighted by Crippen LogP contribution is -2.25. The standard InChI is InChI=1S/C11H14ClN/c1-10(2)7-11(10,13)8-5-3-4-6-9(8)12/h3-6H,7,13H2,1-2H3. The van der Waals surface area contributed by atoms with Gasteiger partial charge in [0.15, 0.2) is 0 Å². The van der Waals surface area contributed by atoms with Crippen LogP contribution in [0.4, 0.5) is 0 Å². The summed E-state index contributed by atoms with van der Waals surface area (Å²) in [5.41, 5.74) is 7.34. The predicted molar refractivity (Wildman–Crippen MR) is 55.7 cm³/mol. The van der Waals surface area contributed by atoms with E-state index in [4.69, 9.17) is 17.3 Å². The summed E-state index contributed by atoms with van der Waals surface area (Å²) in [4.78, 5) is 0. The number of halogens is 1. The Morgan fingerprint density at radius 2 is 1.85 bits per heavy atom. The molecular weight excluding hydrogens is 182 g/mol. The van der Waals surface area contributed by atoms with E-state index >= 15 is 0 Å². The number of rotatable bonds is 1. The molecule has 1 aromatic rings. The van der Waals surface area contributed by atoms with Crippen molar-refractivity contribution in [3.8, 4) is 0 Å². The molecule has 0 saturated heterocycles. The predicted octanol–water partition coefficient (Wildman–Crippen LogP) is 2.92. The molecule has 1 aliphatic carbocycles. The van der Waals surface area contributed by atoms with Crippen LogP contribution < -0.4 is 5.73 Å². The first kappa shape index (κ1) is 9.04. The fourth-order valence-electron chi connectivity index (χ4n) is 1.94. The molecule has 0 radical (unpaired) electrons. The van der Waals surface area contributed by atoms with Crippen LogP contribution in [-0.2, 0) is 5.54 Å². The summed E-state index contributed by atoms with van der Waals surface area (Å²) in [6.45, 7) is 4.35. The Kier molecular flexibility index (Phi) is 1.73. The molecule has 1 saturated carbocycles. The molecule has 1 nitrogen and oxygen atoms in total. The number of hydrogen-bond acceptors (Lipinski definition) is 1. The first-order valence-electron chi connectivity index (χ1n) is 4.51. The largest absolute Gasteiger partial charge is 0.321 e. The second kappa shape index (κ2) is 2.49. The van der Waals surface area contributed by atoms with E-state index in [2.05, 4.69) is 13.8 Å². The third-order valence-electron chi connectivity index (χ3n) is 3.16. The normalized spacial score (nSPS) is 30.2. The molecule has 0 aromatic heterocycles. The van der Waals surface area contributed by atoms with Crippen molar-refractivity contribution >= 4 is 11.6 Å². The van der Waals surface area contributed by atoms with Gasteiger partial charge in [0.2, 0.25) is 0 Å². The minimum atomic E-state index is -0.203. The molecule has 0 bridgehead atoms. The second-order valence-corrected chi connectivity index (χ2v) is 4.92. The van der Waals surface area contributed by atoms with Crippen molar-refractivity contribution in [2.45, 2.75) is 25.8 Å². The van der Waals surface area contributed by atoms with E-state index in [1.807, 2.05) is 24.3 Å². The molecule has 0 spiro atoms. The maximum Gasteiger partial charge on any atom is 0.0482 e. The highest BCUT2D eigenvalue weighted by Crippen LogP contribution is 2.61. The van der Waals surface area contributed by atoms with Gasteiger partial charge in [0, 0.05) is 10.6 Å². The number of nitrogens with two attached hydrogens (primary N) is 1. The Balaban J connectivity index is 2.44. The van der Waals surface area contributed by atoms with Gasteiger partial charge in [-0.05, 0) is 23.5 Å². The molecule has 1 aliphatic rings. The molecule has 1 atom stereocenters. The molecule has 0 heterocycles. The van der Waals surface area contributed by atoms with Crippen molar-refractivity contribution in [3.05, 3.63) is 34.9 Å². The lowest BCUT2D eigenvalue weighted by molar-refractivity contribution is 0.510. The van der Waals surface area contributed by atoms with Crippen molar-refractivity contribution < 1.29 is 0 Å². The van der Waals surface area contributed by atoms with E-state index in [1.165, 1.54) is 0 Å². The maximum atomic E-state index is 6.26. The summed E-state index contributed by atoms with van der Waals surface area (Å²) in [6.07, 6.45) is 1.02. The first-order valence-corrected chi connectivity index (χ1v) is 4.89. The van der Waals surface area contributed by atoms with E-state index in [0.29, 0.717) is 0 Å². The molecule has 13 heavy (non-hydrogen) atoms. The van der Waals surface area contributed by atoms with Crippen LogP contribution >= 0.6 is 11.6 Å². The summed E-state index contributed by atoms with van der Waals surface area (Å²) in [7, 11) is 0. The van der Waals surface area contributed by atoms with E-state index < -0.39 is 0 Å². The molecule has 1 unspecified atom stereocenters. The Labute approximate surface area is 83.9 Å². The molecular formula is C11H14ClN. The highest BCUT2D eigenvalue weighted by Gasteiger charge is 2.59. The lowest BCUT2D eigenvalue weighted by atomic mass is 9.97. The fraction of sp³-hybridized carbons (Fsp3) is 0.455. The average Bonchev–Trinajstić information content (AvgIpc) is 2.53. The highest BCUT2D eigenvalue weighted by molar-refractivity contribution is 6.31. The zero-order chi connectivity index (χ0) is 9.69. The monoisotopic (exact) mass is 195 g/mol. The van der Waals surface area contributed by atoms with Gasteiger partial charge in [-0.3, -0.25) is 0 Å². The van der Waals surface area contributed by atoms with Crippen LogP contribution in [-0.4, -0.2) is 0 Å². The Morgan fingerprint density at radius 1 is 1.31 bits per heavy atom. The molecule has 2 heteroatoms. The molecule has 1 aromatic carbocycles. The number of benzene rings is 1. The Hall–Kier alpha value is -0.530. The first-order chi connectivity index (χ1) is 5.97. The van der Waals surface area contributed by atoms with Crippen LogP contribution in [0.1, 0.15) is 25.8 Å². The molecule has 0 aliphatic heterocycles. The van der Waals surface area contributed by atoms with Gasteiger partial charge in [-0.25, -0.2) is 0 Å². The maximum absolute atomic E-state index is 6.26. The average molecular weight is 196 g/mol. The second-order valence-electron chi connectivity index (χ2n) is 4.51. The molecule has 70 valence electrons. The minimum absolute atomic E-state index is 0.192. The quantitative estimate of drug-likeness (QED) is 0.733. The highest BCUT2D eigenvalue weighted by atomic mass is 35.5. The smallest absolute Gasteiger partial charge is 0.0482 e. The Bertz CT molecular complexity index is 346. The van der Waals surface area contributed by atoms with Crippen molar-refractivity contribution in [1.29, 1.82) is 0 Å². The summed E-state index contributed by atoms with van der Waals surface area (Å²) >= 11 is 6.10. The molecule has 1 fully saturated rings. The third-order valence-corrected chi connectivity index (χ3v) is 3.49. The van der Waals surface area contributed by atoms with Gasteiger partial charge in [-0.15, -0.1) is 0 Å². The van der Waals surface area contributed by atoms with E-state index in [1.54, 1.807) is 0 Å². The van der Waals surface area contributed by atoms with Crippen molar-refractivity contribution in [2.75, 3.05) is 0 Å². The van der Waals surface area contributed by atoms with Crippen LogP contribution in [0.25, 0.3) is 0 Å². The lowest BCUT2D eigenvalue weighted by Gasteiger charge is -2.16. The van der Waals surface area contributed by atoms with E-state index in [-0.39, 0.29) is 11.0 Å². The van der Waals surface area contributed by atoms with Crippen molar-refractivity contribution in [3.63, 3.8) is 0 Å². The van der Waals surface area contributed by atoms with Crippen LogP contribution in [0.3, 0.4) is 0 Å². The van der Waals surface area contributed by atoms with Crippen LogP contribution in [0.5, 0.6) is 0 Å². The summed E-state index contributed by atoms with van der Waals surface area (Å²) in [5, 5.41) is 0.788. The summed E-state index contributed by atoms with van der Waals surface area (Å²) in [6, 6.07) is 7.85. The number of hydrogen-bond donors (Lipinski definition) is 1. The zero-order valence-electron chi connectivity index (χ0n) is 7.97. The summed E-state index contributed by atoms with van der Waals surface area (Å²) in [5.74, 6) is 0. The zero-order valence-corrected chi connectivity index (χ0v) is 8.73. The topological polar surface area (TPSA) is 26.0 Å². The van der Waals surface area contributed by atoms with Crippen molar-refractivity contribution in [2.24, 2.45) is 11.1 Å². The SMILES string of the molecule is CC1(C)CC1(N)c1ccccc1Cl. The van der Waals surface area contributed by atoms with E-state index in [9.17, 15) is 0 Å².